The molecule has 124 valence electrons. The van der Waals surface area contributed by atoms with Gasteiger partial charge in [0.2, 0.25) is 11.8 Å². The number of hydrogen-bond acceptors (Lipinski definition) is 3. The molecule has 2 amide bonds. The predicted octanol–water partition coefficient (Wildman–Crippen LogP) is 2.92. The normalized spacial score (nSPS) is 14.5. The number of nitrogens with zero attached hydrogens (tertiary/aromatic N) is 2. The Kier molecular flexibility index (Phi) is 4.84. The van der Waals surface area contributed by atoms with Gasteiger partial charge in [0.05, 0.1) is 12.6 Å². The fraction of sp³-hybridized carbons (Fsp3) is 0.278. The number of halogens is 1. The van der Waals surface area contributed by atoms with Crippen LogP contribution in [-0.4, -0.2) is 23.3 Å². The van der Waals surface area contributed by atoms with Crippen molar-refractivity contribution in [1.29, 1.82) is 0 Å². The lowest BCUT2D eigenvalue weighted by molar-refractivity contribution is -0.119. The smallest absolute Gasteiger partial charge is 0.230 e. The van der Waals surface area contributed by atoms with Crippen molar-refractivity contribution >= 4 is 23.2 Å². The van der Waals surface area contributed by atoms with Gasteiger partial charge < -0.3 is 10.2 Å². The third kappa shape index (κ3) is 3.95. The van der Waals surface area contributed by atoms with Gasteiger partial charge in [0, 0.05) is 30.0 Å². The van der Waals surface area contributed by atoms with Gasteiger partial charge >= 0.3 is 0 Å². The van der Waals surface area contributed by atoms with Crippen LogP contribution in [0.5, 0.6) is 0 Å². The van der Waals surface area contributed by atoms with Gasteiger partial charge in [0.15, 0.2) is 0 Å². The Morgan fingerprint density at radius 3 is 2.88 bits per heavy atom. The van der Waals surface area contributed by atoms with Crippen molar-refractivity contribution in [2.24, 2.45) is 0 Å². The summed E-state index contributed by atoms with van der Waals surface area (Å²) in [6, 6.07) is 9.99. The van der Waals surface area contributed by atoms with Gasteiger partial charge in [-0.15, -0.1) is 0 Å². The Labute approximate surface area is 139 Å². The summed E-state index contributed by atoms with van der Waals surface area (Å²) < 4.78 is 12.8. The molecule has 0 atom stereocenters. The zero-order valence-corrected chi connectivity index (χ0v) is 13.2. The van der Waals surface area contributed by atoms with Crippen LogP contribution >= 0.6 is 0 Å². The highest BCUT2D eigenvalue weighted by atomic mass is 19.1. The van der Waals surface area contributed by atoms with E-state index >= 15 is 0 Å². The highest BCUT2D eigenvalue weighted by Crippen LogP contribution is 2.23. The summed E-state index contributed by atoms with van der Waals surface area (Å²) in [6.45, 7) is 0.704. The maximum atomic E-state index is 12.8. The molecule has 2 heterocycles. The van der Waals surface area contributed by atoms with E-state index in [2.05, 4.69) is 10.3 Å². The molecule has 1 saturated heterocycles. The zero-order valence-electron chi connectivity index (χ0n) is 13.2. The standard InChI is InChI=1S/C18H18FN3O2/c19-13-7-8-14(20-12-13)11-17(23)21-15-4-3-5-16(10-15)22-9-2-1-6-18(22)24/h3-5,7-8,10,12H,1-2,6,9,11H2,(H,21,23). The molecule has 1 aromatic heterocycles. The van der Waals surface area contributed by atoms with Crippen molar-refractivity contribution in [2.45, 2.75) is 25.7 Å². The van der Waals surface area contributed by atoms with Crippen molar-refractivity contribution in [3.05, 3.63) is 54.1 Å². The highest BCUT2D eigenvalue weighted by Gasteiger charge is 2.19. The lowest BCUT2D eigenvalue weighted by Crippen LogP contribution is -2.35. The summed E-state index contributed by atoms with van der Waals surface area (Å²) in [5.41, 5.74) is 1.91. The lowest BCUT2D eigenvalue weighted by atomic mass is 10.1. The number of carbonyl (C=O) groups excluding carboxylic acids is 2. The lowest BCUT2D eigenvalue weighted by Gasteiger charge is -2.27. The molecule has 2 aromatic rings. The third-order valence-electron chi connectivity index (χ3n) is 3.90. The van der Waals surface area contributed by atoms with Crippen LogP contribution in [0.3, 0.4) is 0 Å². The average molecular weight is 327 g/mol. The molecule has 0 bridgehead atoms. The zero-order chi connectivity index (χ0) is 16.9. The number of nitrogens with one attached hydrogen (secondary N) is 1. The van der Waals surface area contributed by atoms with Gasteiger partial charge in [-0.05, 0) is 43.2 Å². The van der Waals surface area contributed by atoms with E-state index in [-0.39, 0.29) is 18.2 Å². The summed E-state index contributed by atoms with van der Waals surface area (Å²) in [5.74, 6) is -0.561. The first-order chi connectivity index (χ1) is 11.6. The van der Waals surface area contributed by atoms with E-state index in [4.69, 9.17) is 0 Å². The Hall–Kier alpha value is -2.76. The van der Waals surface area contributed by atoms with Gasteiger partial charge in [-0.3, -0.25) is 14.6 Å². The van der Waals surface area contributed by atoms with E-state index < -0.39 is 5.82 Å². The first-order valence-corrected chi connectivity index (χ1v) is 7.92. The molecule has 5 nitrogen and oxygen atoms in total. The molecule has 0 spiro atoms. The Morgan fingerprint density at radius 2 is 2.12 bits per heavy atom. The second-order valence-electron chi connectivity index (χ2n) is 5.75. The maximum absolute atomic E-state index is 12.8. The summed E-state index contributed by atoms with van der Waals surface area (Å²) in [5, 5.41) is 2.79. The van der Waals surface area contributed by atoms with E-state index in [9.17, 15) is 14.0 Å². The van der Waals surface area contributed by atoms with Crippen LogP contribution in [0.25, 0.3) is 0 Å². The Balaban J connectivity index is 1.66. The second-order valence-corrected chi connectivity index (χ2v) is 5.75. The number of anilines is 2. The Morgan fingerprint density at radius 1 is 1.25 bits per heavy atom. The van der Waals surface area contributed by atoms with Gasteiger partial charge in [0.25, 0.3) is 0 Å². The van der Waals surface area contributed by atoms with Crippen molar-refractivity contribution in [1.82, 2.24) is 4.98 Å². The van der Waals surface area contributed by atoms with Gasteiger partial charge in [-0.1, -0.05) is 6.07 Å². The molecule has 1 aliphatic heterocycles. The Bertz CT molecular complexity index is 746. The van der Waals surface area contributed by atoms with E-state index in [0.29, 0.717) is 24.3 Å². The van der Waals surface area contributed by atoms with Crippen LogP contribution in [0.15, 0.2) is 42.6 Å². The number of benzene rings is 1. The number of carbonyl (C=O) groups is 2. The molecule has 0 saturated carbocycles. The molecule has 6 heteroatoms. The van der Waals surface area contributed by atoms with Crippen LogP contribution in [0.2, 0.25) is 0 Å². The van der Waals surface area contributed by atoms with Crippen molar-refractivity contribution in [3.8, 4) is 0 Å². The highest BCUT2D eigenvalue weighted by molar-refractivity contribution is 5.96. The van der Waals surface area contributed by atoms with Crippen LogP contribution in [0.4, 0.5) is 15.8 Å². The number of amides is 2. The molecular weight excluding hydrogens is 309 g/mol. The van der Waals surface area contributed by atoms with Crippen LogP contribution in [0, 0.1) is 5.82 Å². The largest absolute Gasteiger partial charge is 0.326 e. The van der Waals surface area contributed by atoms with E-state index in [0.717, 1.165) is 24.7 Å². The van der Waals surface area contributed by atoms with Crippen molar-refractivity contribution < 1.29 is 14.0 Å². The number of hydrogen-bond donors (Lipinski definition) is 1. The van der Waals surface area contributed by atoms with Crippen molar-refractivity contribution in [2.75, 3.05) is 16.8 Å². The summed E-state index contributed by atoms with van der Waals surface area (Å²) in [4.78, 5) is 29.7. The molecule has 1 fully saturated rings. The molecule has 24 heavy (non-hydrogen) atoms. The SMILES string of the molecule is O=C(Cc1ccc(F)cn1)Nc1cccc(N2CCCCC2=O)c1. The number of pyridine rings is 1. The molecule has 1 aromatic carbocycles. The van der Waals surface area contributed by atoms with Crippen molar-refractivity contribution in [3.63, 3.8) is 0 Å². The van der Waals surface area contributed by atoms with E-state index in [1.165, 1.54) is 12.1 Å². The maximum Gasteiger partial charge on any atom is 0.230 e. The van der Waals surface area contributed by atoms with Crippen LogP contribution < -0.4 is 10.2 Å². The van der Waals surface area contributed by atoms with Gasteiger partial charge in [-0.2, -0.15) is 0 Å². The second kappa shape index (κ2) is 7.21. The number of piperidine rings is 1. The van der Waals surface area contributed by atoms with Crippen LogP contribution in [0.1, 0.15) is 25.0 Å². The van der Waals surface area contributed by atoms with Crippen LogP contribution in [-0.2, 0) is 16.0 Å². The quantitative estimate of drug-likeness (QED) is 0.939. The topological polar surface area (TPSA) is 62.3 Å². The number of rotatable bonds is 4. The van der Waals surface area contributed by atoms with E-state index in [1.807, 2.05) is 12.1 Å². The average Bonchev–Trinajstić information content (AvgIpc) is 2.57. The fourth-order valence-electron chi connectivity index (χ4n) is 2.71. The molecule has 0 radical (unpaired) electrons. The minimum atomic E-state index is -0.432. The summed E-state index contributed by atoms with van der Waals surface area (Å²) >= 11 is 0. The predicted molar refractivity (Wildman–Crippen MR) is 89.2 cm³/mol. The molecule has 0 unspecified atom stereocenters. The minimum absolute atomic E-state index is 0.0627. The monoisotopic (exact) mass is 327 g/mol. The van der Waals surface area contributed by atoms with Gasteiger partial charge in [0.1, 0.15) is 5.82 Å². The molecule has 1 aliphatic rings. The fourth-order valence-corrected chi connectivity index (χ4v) is 2.71. The molecule has 0 aliphatic carbocycles. The number of aromatic nitrogens is 1. The summed E-state index contributed by atoms with van der Waals surface area (Å²) in [7, 11) is 0. The first-order valence-electron chi connectivity index (χ1n) is 7.92. The minimum Gasteiger partial charge on any atom is -0.326 e. The molecular formula is C18H18FN3O2. The van der Waals surface area contributed by atoms with E-state index in [1.54, 1.807) is 17.0 Å². The third-order valence-corrected chi connectivity index (χ3v) is 3.90. The van der Waals surface area contributed by atoms with Gasteiger partial charge in [-0.25, -0.2) is 4.39 Å². The molecule has 1 N–H and O–H groups in total. The first kappa shape index (κ1) is 16.1. The molecule has 3 rings (SSSR count). The summed E-state index contributed by atoms with van der Waals surface area (Å²) in [6.07, 6.45) is 3.63.